The predicted octanol–water partition coefficient (Wildman–Crippen LogP) is 3.37. The number of rotatable bonds is 6. The summed E-state index contributed by atoms with van der Waals surface area (Å²) in [5.41, 5.74) is 0.962. The lowest BCUT2D eigenvalue weighted by atomic mass is 10.1. The summed E-state index contributed by atoms with van der Waals surface area (Å²) in [4.78, 5) is 24.2. The molecule has 7 nitrogen and oxygen atoms in total. The second kappa shape index (κ2) is 6.18. The van der Waals surface area contributed by atoms with Gasteiger partial charge in [-0.15, -0.1) is 0 Å². The Kier molecular flexibility index (Phi) is 3.84. The number of H-pyrrole nitrogens is 1. The van der Waals surface area contributed by atoms with Gasteiger partial charge in [0.25, 0.3) is 10.9 Å². The van der Waals surface area contributed by atoms with Crippen LogP contribution in [0.2, 0.25) is 0 Å². The number of aromatic amines is 1. The molecule has 0 amide bonds. The van der Waals surface area contributed by atoms with Gasteiger partial charge in [0.2, 0.25) is 0 Å². The number of benzene rings is 1. The van der Waals surface area contributed by atoms with E-state index in [1.54, 1.807) is 6.20 Å². The Hall–Kier alpha value is -3.35. The third-order valence-corrected chi connectivity index (χ3v) is 4.48. The van der Waals surface area contributed by atoms with Crippen molar-refractivity contribution in [1.29, 1.82) is 0 Å². The summed E-state index contributed by atoms with van der Waals surface area (Å²) in [5, 5.41) is 14.0. The lowest BCUT2D eigenvalue weighted by Gasteiger charge is -2.20. The second-order valence-electron chi connectivity index (χ2n) is 6.23. The van der Waals surface area contributed by atoms with Crippen molar-refractivity contribution in [3.8, 4) is 0 Å². The molecule has 0 fully saturated rings. The molecule has 0 radical (unpaired) electrons. The van der Waals surface area contributed by atoms with E-state index in [4.69, 9.17) is 4.42 Å². The van der Waals surface area contributed by atoms with Crippen LogP contribution in [0.5, 0.6) is 0 Å². The fraction of sp³-hybridized carbons (Fsp3) is 0.211. The van der Waals surface area contributed by atoms with E-state index < -0.39 is 10.9 Å². The van der Waals surface area contributed by atoms with E-state index in [1.807, 2.05) is 44.2 Å². The Morgan fingerprint density at radius 3 is 2.69 bits per heavy atom. The maximum Gasteiger partial charge on any atom is 0.253 e. The van der Waals surface area contributed by atoms with Gasteiger partial charge < -0.3 is 15.1 Å². The van der Waals surface area contributed by atoms with Crippen molar-refractivity contribution in [3.63, 3.8) is 0 Å². The monoisotopic (exact) mass is 350 g/mol. The van der Waals surface area contributed by atoms with Crippen molar-refractivity contribution in [2.24, 2.45) is 0 Å². The number of hydrogen-bond donors (Lipinski definition) is 3. The van der Waals surface area contributed by atoms with Gasteiger partial charge in [0, 0.05) is 5.39 Å². The molecule has 0 saturated carbocycles. The number of anilines is 3. The minimum absolute atomic E-state index is 0.185. The molecule has 26 heavy (non-hydrogen) atoms. The first kappa shape index (κ1) is 16.1. The van der Waals surface area contributed by atoms with Crippen LogP contribution in [0.25, 0.3) is 10.9 Å². The van der Waals surface area contributed by atoms with Gasteiger partial charge >= 0.3 is 0 Å². The van der Waals surface area contributed by atoms with Gasteiger partial charge in [0.1, 0.15) is 22.9 Å². The van der Waals surface area contributed by atoms with E-state index in [1.165, 1.54) is 0 Å². The Balaban J connectivity index is 1.65. The average Bonchev–Trinajstić information content (AvgIpc) is 3.30. The normalized spacial score (nSPS) is 12.5. The molecule has 0 unspecified atom stereocenters. The molecule has 0 bridgehead atoms. The van der Waals surface area contributed by atoms with Crippen LogP contribution in [-0.2, 0) is 0 Å². The van der Waals surface area contributed by atoms with Gasteiger partial charge in [-0.05, 0) is 31.5 Å². The number of para-hydroxylation sites is 1. The van der Waals surface area contributed by atoms with Crippen molar-refractivity contribution in [1.82, 2.24) is 10.2 Å². The van der Waals surface area contributed by atoms with Crippen LogP contribution in [0.15, 0.2) is 50.5 Å². The van der Waals surface area contributed by atoms with Crippen LogP contribution in [0.4, 0.5) is 17.1 Å². The topological polar surface area (TPSA) is 100 Å². The highest BCUT2D eigenvalue weighted by molar-refractivity contribution is 5.93. The van der Waals surface area contributed by atoms with Crippen molar-refractivity contribution in [2.45, 2.75) is 26.3 Å². The molecule has 0 saturated heterocycles. The number of aryl methyl sites for hydroxylation is 1. The van der Waals surface area contributed by atoms with Gasteiger partial charge in [0.05, 0.1) is 23.4 Å². The van der Waals surface area contributed by atoms with E-state index in [9.17, 15) is 9.59 Å². The summed E-state index contributed by atoms with van der Waals surface area (Å²) in [7, 11) is 0. The van der Waals surface area contributed by atoms with Crippen molar-refractivity contribution < 1.29 is 4.42 Å². The molecule has 0 spiro atoms. The summed E-state index contributed by atoms with van der Waals surface area (Å²) in [5.74, 6) is 1.54. The van der Waals surface area contributed by atoms with E-state index in [2.05, 4.69) is 20.8 Å². The Labute approximate surface area is 148 Å². The minimum Gasteiger partial charge on any atom is -0.464 e. The number of nitrogens with zero attached hydrogens (tertiary/aromatic N) is 1. The molecule has 1 atom stereocenters. The highest BCUT2D eigenvalue weighted by Gasteiger charge is 2.25. The van der Waals surface area contributed by atoms with Crippen molar-refractivity contribution >= 4 is 28.0 Å². The SMILES string of the molecule is CC[C@@H](Nc1c(Nc2cccc3cn[nH]c23)c(=O)c1=O)c1ccc(C)o1. The van der Waals surface area contributed by atoms with Gasteiger partial charge in [-0.25, -0.2) is 0 Å². The first-order valence-corrected chi connectivity index (χ1v) is 8.43. The van der Waals surface area contributed by atoms with Gasteiger partial charge in [-0.1, -0.05) is 19.1 Å². The van der Waals surface area contributed by atoms with Gasteiger partial charge in [0.15, 0.2) is 0 Å². The fourth-order valence-electron chi connectivity index (χ4n) is 3.05. The van der Waals surface area contributed by atoms with Gasteiger partial charge in [-0.3, -0.25) is 14.7 Å². The lowest BCUT2D eigenvalue weighted by molar-refractivity contribution is 0.453. The number of nitrogens with one attached hydrogen (secondary N) is 3. The zero-order valence-corrected chi connectivity index (χ0v) is 14.4. The molecule has 7 heteroatoms. The highest BCUT2D eigenvalue weighted by Crippen LogP contribution is 2.30. The third-order valence-electron chi connectivity index (χ3n) is 4.48. The molecule has 4 aromatic rings. The molecule has 2 aromatic heterocycles. The molecule has 0 aliphatic carbocycles. The molecular formula is C19H18N4O3. The third kappa shape index (κ3) is 2.57. The Morgan fingerprint density at radius 2 is 1.96 bits per heavy atom. The summed E-state index contributed by atoms with van der Waals surface area (Å²) < 4.78 is 5.65. The van der Waals surface area contributed by atoms with Gasteiger partial charge in [-0.2, -0.15) is 5.10 Å². The molecule has 0 aliphatic rings. The summed E-state index contributed by atoms with van der Waals surface area (Å²) in [6, 6.07) is 9.17. The predicted molar refractivity (Wildman–Crippen MR) is 101 cm³/mol. The standard InChI is InChI=1S/C19H18N4O3/c1-3-12(14-8-7-10(2)26-14)21-16-17(19(25)18(16)24)22-13-6-4-5-11-9-20-23-15(11)13/h4-9,12,21-22H,3H2,1-2H3,(H,20,23)/t12-/m1/s1. The van der Waals surface area contributed by atoms with Crippen LogP contribution in [0.1, 0.15) is 30.9 Å². The second-order valence-corrected chi connectivity index (χ2v) is 6.23. The van der Waals surface area contributed by atoms with Crippen LogP contribution < -0.4 is 21.5 Å². The minimum atomic E-state index is -0.533. The van der Waals surface area contributed by atoms with Crippen LogP contribution in [0, 0.1) is 6.92 Å². The van der Waals surface area contributed by atoms with Crippen molar-refractivity contribution in [2.75, 3.05) is 10.6 Å². The summed E-state index contributed by atoms with van der Waals surface area (Å²) in [6.45, 7) is 3.85. The van der Waals surface area contributed by atoms with Crippen LogP contribution in [0.3, 0.4) is 0 Å². The number of aromatic nitrogens is 2. The smallest absolute Gasteiger partial charge is 0.253 e. The lowest BCUT2D eigenvalue weighted by Crippen LogP contribution is -2.37. The molecule has 4 rings (SSSR count). The maximum absolute atomic E-state index is 12.1. The van der Waals surface area contributed by atoms with E-state index in [-0.39, 0.29) is 17.4 Å². The van der Waals surface area contributed by atoms with Crippen LogP contribution >= 0.6 is 0 Å². The number of furan rings is 1. The van der Waals surface area contributed by atoms with Crippen LogP contribution in [-0.4, -0.2) is 10.2 Å². The average molecular weight is 350 g/mol. The number of fused-ring (bicyclic) bond motifs is 1. The Bertz CT molecular complexity index is 1150. The molecular weight excluding hydrogens is 332 g/mol. The zero-order chi connectivity index (χ0) is 18.3. The highest BCUT2D eigenvalue weighted by atomic mass is 16.3. The molecule has 2 aromatic carbocycles. The molecule has 0 aliphatic heterocycles. The molecule has 132 valence electrons. The first-order chi connectivity index (χ1) is 12.6. The molecule has 3 N–H and O–H groups in total. The van der Waals surface area contributed by atoms with E-state index in [0.717, 1.165) is 22.4 Å². The zero-order valence-electron chi connectivity index (χ0n) is 14.4. The van der Waals surface area contributed by atoms with Crippen molar-refractivity contribution in [3.05, 3.63) is 68.5 Å². The Morgan fingerprint density at radius 1 is 1.15 bits per heavy atom. The summed E-state index contributed by atoms with van der Waals surface area (Å²) in [6.07, 6.45) is 2.41. The largest absolute Gasteiger partial charge is 0.464 e. The fourth-order valence-corrected chi connectivity index (χ4v) is 3.05. The maximum atomic E-state index is 12.1. The number of hydrogen-bond acceptors (Lipinski definition) is 6. The molecule has 2 heterocycles. The quantitative estimate of drug-likeness (QED) is 0.461. The summed E-state index contributed by atoms with van der Waals surface area (Å²) >= 11 is 0. The van der Waals surface area contributed by atoms with E-state index in [0.29, 0.717) is 12.1 Å². The first-order valence-electron chi connectivity index (χ1n) is 8.43. The van der Waals surface area contributed by atoms with E-state index >= 15 is 0 Å².